The lowest BCUT2D eigenvalue weighted by Gasteiger charge is -2.14. The van der Waals surface area contributed by atoms with E-state index in [0.717, 1.165) is 5.56 Å². The van der Waals surface area contributed by atoms with Crippen molar-refractivity contribution < 1.29 is 19.9 Å². The van der Waals surface area contributed by atoms with Crippen molar-refractivity contribution in [2.24, 2.45) is 0 Å². The maximum Gasteiger partial charge on any atom is 0.184 e. The summed E-state index contributed by atoms with van der Waals surface area (Å²) in [6.07, 6.45) is -0.408. The number of hydrogen-bond acceptors (Lipinski definition) is 4. The molecular weight excluding hydrogens is 186 g/mol. The quantitative estimate of drug-likeness (QED) is 0.661. The number of quaternary nitrogens is 1. The van der Waals surface area contributed by atoms with Gasteiger partial charge in [-0.1, -0.05) is 12.1 Å². The molecule has 1 unspecified atom stereocenters. The highest BCUT2D eigenvalue weighted by Crippen LogP contribution is 2.24. The van der Waals surface area contributed by atoms with E-state index >= 15 is 0 Å². The summed E-state index contributed by atoms with van der Waals surface area (Å²) in [7, 11) is 0. The van der Waals surface area contributed by atoms with Crippen LogP contribution in [0.5, 0.6) is 0 Å². The summed E-state index contributed by atoms with van der Waals surface area (Å²) in [4.78, 5) is 0. The van der Waals surface area contributed by atoms with Gasteiger partial charge in [-0.15, -0.1) is 0 Å². The molecule has 1 aliphatic rings. The molecule has 5 heteroatoms. The van der Waals surface area contributed by atoms with Crippen LogP contribution in [-0.2, 0) is 9.47 Å². The van der Waals surface area contributed by atoms with E-state index in [9.17, 15) is 5.21 Å². The van der Waals surface area contributed by atoms with E-state index in [1.165, 1.54) is 0 Å². The van der Waals surface area contributed by atoms with Gasteiger partial charge in [-0.05, 0) is 0 Å². The minimum absolute atomic E-state index is 0.251. The molecule has 1 aliphatic heterocycles. The number of rotatable bonds is 2. The molecule has 1 aromatic rings. The molecule has 0 radical (unpaired) electrons. The average molecular weight is 197 g/mol. The third-order valence-electron chi connectivity index (χ3n) is 2.03. The maximum atomic E-state index is 10.7. The van der Waals surface area contributed by atoms with Crippen molar-refractivity contribution in [2.75, 3.05) is 13.2 Å². The summed E-state index contributed by atoms with van der Waals surface area (Å²) in [6.45, 7) is 1.12. The van der Waals surface area contributed by atoms with Gasteiger partial charge in [0.25, 0.3) is 0 Å². The van der Waals surface area contributed by atoms with Crippen LogP contribution in [0.25, 0.3) is 0 Å². The van der Waals surface area contributed by atoms with Crippen LogP contribution in [0.3, 0.4) is 0 Å². The smallest absolute Gasteiger partial charge is 0.184 e. The standard InChI is InChI=1S/C9H11NO4/c11-10(12)8-3-1-2-7(6-8)9-13-4-5-14-9/h1-3,6,9-11H,4-5H2. The predicted octanol–water partition coefficient (Wildman–Crippen LogP) is 0.135. The molecule has 2 rings (SSSR count). The van der Waals surface area contributed by atoms with Crippen molar-refractivity contribution in [2.45, 2.75) is 6.29 Å². The molecule has 0 bridgehead atoms. The van der Waals surface area contributed by atoms with E-state index in [2.05, 4.69) is 0 Å². The predicted molar refractivity (Wildman–Crippen MR) is 46.9 cm³/mol. The van der Waals surface area contributed by atoms with Crippen molar-refractivity contribution in [3.8, 4) is 0 Å². The zero-order chi connectivity index (χ0) is 9.97. The topological polar surface area (TPSA) is 66.2 Å². The number of benzene rings is 1. The molecule has 2 N–H and O–H groups in total. The Morgan fingerprint density at radius 2 is 2.07 bits per heavy atom. The molecule has 5 nitrogen and oxygen atoms in total. The van der Waals surface area contributed by atoms with Crippen molar-refractivity contribution in [1.29, 1.82) is 0 Å². The number of hydrogen-bond donors (Lipinski definition) is 2. The number of nitrogens with one attached hydrogen (secondary N) is 1. The van der Waals surface area contributed by atoms with Gasteiger partial charge in [0, 0.05) is 17.7 Å². The second kappa shape index (κ2) is 4.04. The Labute approximate surface area is 81.0 Å². The summed E-state index contributed by atoms with van der Waals surface area (Å²) < 4.78 is 10.5. The monoisotopic (exact) mass is 197 g/mol. The van der Waals surface area contributed by atoms with Crippen LogP contribution in [0.1, 0.15) is 11.9 Å². The first-order valence-electron chi connectivity index (χ1n) is 4.34. The molecule has 0 aliphatic carbocycles. The van der Waals surface area contributed by atoms with Gasteiger partial charge in [-0.3, -0.25) is 0 Å². The Morgan fingerprint density at radius 1 is 1.36 bits per heavy atom. The highest BCUT2D eigenvalue weighted by molar-refractivity contribution is 5.34. The second-order valence-corrected chi connectivity index (χ2v) is 3.00. The molecule has 0 spiro atoms. The molecule has 1 atom stereocenters. The number of ether oxygens (including phenoxy) is 2. The molecule has 0 aromatic heterocycles. The summed E-state index contributed by atoms with van der Waals surface area (Å²) in [5.74, 6) is 0. The third-order valence-corrected chi connectivity index (χ3v) is 2.03. The van der Waals surface area contributed by atoms with E-state index in [1.54, 1.807) is 24.3 Å². The van der Waals surface area contributed by atoms with Crippen LogP contribution in [0.2, 0.25) is 0 Å². The van der Waals surface area contributed by atoms with Gasteiger partial charge < -0.3 is 14.7 Å². The summed E-state index contributed by atoms with van der Waals surface area (Å²) in [5, 5.41) is 18.5. The molecule has 1 fully saturated rings. The SMILES string of the molecule is [O-][NH+](O)c1cccc(C2OCCO2)c1. The van der Waals surface area contributed by atoms with Gasteiger partial charge in [0.2, 0.25) is 0 Å². The minimum atomic E-state index is -0.940. The van der Waals surface area contributed by atoms with Gasteiger partial charge in [-0.2, -0.15) is 5.23 Å². The Bertz CT molecular complexity index is 309. The van der Waals surface area contributed by atoms with Gasteiger partial charge in [0.15, 0.2) is 12.0 Å². The van der Waals surface area contributed by atoms with Crippen LogP contribution >= 0.6 is 0 Å². The fourth-order valence-corrected chi connectivity index (χ4v) is 1.37. The van der Waals surface area contributed by atoms with Crippen molar-refractivity contribution in [3.05, 3.63) is 35.0 Å². The Balaban J connectivity index is 2.21. The van der Waals surface area contributed by atoms with Gasteiger partial charge in [-0.25, -0.2) is 5.21 Å². The summed E-state index contributed by atoms with van der Waals surface area (Å²) in [6, 6.07) is 6.59. The lowest BCUT2D eigenvalue weighted by molar-refractivity contribution is -0.991. The first-order chi connectivity index (χ1) is 6.77. The van der Waals surface area contributed by atoms with Crippen LogP contribution in [0.4, 0.5) is 5.69 Å². The highest BCUT2D eigenvalue weighted by atomic mass is 16.8. The van der Waals surface area contributed by atoms with E-state index in [4.69, 9.17) is 14.7 Å². The molecule has 0 amide bonds. The zero-order valence-electron chi connectivity index (χ0n) is 7.47. The van der Waals surface area contributed by atoms with E-state index in [-0.39, 0.29) is 5.69 Å². The van der Waals surface area contributed by atoms with Gasteiger partial charge >= 0.3 is 0 Å². The first kappa shape index (κ1) is 9.57. The van der Waals surface area contributed by atoms with Gasteiger partial charge in [0.1, 0.15) is 0 Å². The third kappa shape index (κ3) is 1.92. The lowest BCUT2D eigenvalue weighted by Crippen LogP contribution is -2.99. The lowest BCUT2D eigenvalue weighted by atomic mass is 10.2. The highest BCUT2D eigenvalue weighted by Gasteiger charge is 2.19. The van der Waals surface area contributed by atoms with Crippen molar-refractivity contribution in [1.82, 2.24) is 0 Å². The Kier molecular flexibility index (Phi) is 2.76. The van der Waals surface area contributed by atoms with Gasteiger partial charge in [0.05, 0.1) is 13.2 Å². The van der Waals surface area contributed by atoms with Crippen molar-refractivity contribution in [3.63, 3.8) is 0 Å². The fourth-order valence-electron chi connectivity index (χ4n) is 1.37. The second-order valence-electron chi connectivity index (χ2n) is 3.00. The molecule has 1 aromatic carbocycles. The Morgan fingerprint density at radius 3 is 2.71 bits per heavy atom. The molecule has 1 heterocycles. The first-order valence-corrected chi connectivity index (χ1v) is 4.34. The molecule has 14 heavy (non-hydrogen) atoms. The summed E-state index contributed by atoms with van der Waals surface area (Å²) in [5.41, 5.74) is 1.00. The molecular formula is C9H11NO4. The maximum absolute atomic E-state index is 10.7. The van der Waals surface area contributed by atoms with E-state index in [1.807, 2.05) is 0 Å². The Hall–Kier alpha value is -0.980. The zero-order valence-corrected chi connectivity index (χ0v) is 7.47. The van der Waals surface area contributed by atoms with Crippen LogP contribution < -0.4 is 5.23 Å². The average Bonchev–Trinajstić information content (AvgIpc) is 2.71. The van der Waals surface area contributed by atoms with Crippen molar-refractivity contribution >= 4 is 5.69 Å². The van der Waals surface area contributed by atoms with Crippen LogP contribution in [0.15, 0.2) is 24.3 Å². The van der Waals surface area contributed by atoms with E-state index < -0.39 is 11.5 Å². The molecule has 1 saturated heterocycles. The molecule has 0 saturated carbocycles. The minimum Gasteiger partial charge on any atom is -0.595 e. The fraction of sp³-hybridized carbons (Fsp3) is 0.333. The molecule has 76 valence electrons. The van der Waals surface area contributed by atoms with Crippen LogP contribution in [-0.4, -0.2) is 18.4 Å². The summed E-state index contributed by atoms with van der Waals surface area (Å²) >= 11 is 0. The van der Waals surface area contributed by atoms with Crippen LogP contribution in [0, 0.1) is 5.21 Å². The largest absolute Gasteiger partial charge is 0.595 e. The van der Waals surface area contributed by atoms with E-state index in [0.29, 0.717) is 13.2 Å². The normalized spacial score (nSPS) is 19.9.